The molecular formula is C17H25N3O2. The number of anilines is 1. The second-order valence-corrected chi connectivity index (χ2v) is 5.77. The summed E-state index contributed by atoms with van der Waals surface area (Å²) in [5.41, 5.74) is 1.15. The van der Waals surface area contributed by atoms with E-state index in [1.807, 2.05) is 6.07 Å². The SMILES string of the molecule is CCCN(CC(=O)Nc1ccccc1C(C)=O)C1CCNC1. The van der Waals surface area contributed by atoms with Crippen molar-refractivity contribution in [2.45, 2.75) is 32.7 Å². The van der Waals surface area contributed by atoms with E-state index in [-0.39, 0.29) is 11.7 Å². The highest BCUT2D eigenvalue weighted by Gasteiger charge is 2.23. The third-order valence-corrected chi connectivity index (χ3v) is 3.99. The van der Waals surface area contributed by atoms with Gasteiger partial charge in [-0.1, -0.05) is 19.1 Å². The third kappa shape index (κ3) is 4.39. The minimum absolute atomic E-state index is 0.0405. The quantitative estimate of drug-likeness (QED) is 0.755. The average Bonchev–Trinajstić information content (AvgIpc) is 3.01. The second-order valence-electron chi connectivity index (χ2n) is 5.77. The Morgan fingerprint density at radius 3 is 2.77 bits per heavy atom. The Hall–Kier alpha value is -1.72. The number of hydrogen-bond donors (Lipinski definition) is 2. The monoisotopic (exact) mass is 303 g/mol. The van der Waals surface area contributed by atoms with Gasteiger partial charge >= 0.3 is 0 Å². The van der Waals surface area contributed by atoms with E-state index >= 15 is 0 Å². The maximum Gasteiger partial charge on any atom is 0.238 e. The zero-order chi connectivity index (χ0) is 15.9. The largest absolute Gasteiger partial charge is 0.324 e. The normalized spacial score (nSPS) is 17.7. The fraction of sp³-hybridized carbons (Fsp3) is 0.529. The van der Waals surface area contributed by atoms with Crippen molar-refractivity contribution in [3.63, 3.8) is 0 Å². The molecule has 1 aromatic rings. The van der Waals surface area contributed by atoms with E-state index in [4.69, 9.17) is 0 Å². The highest BCUT2D eigenvalue weighted by atomic mass is 16.2. The van der Waals surface area contributed by atoms with E-state index in [1.54, 1.807) is 18.2 Å². The topological polar surface area (TPSA) is 61.4 Å². The molecule has 1 heterocycles. The lowest BCUT2D eigenvalue weighted by Crippen LogP contribution is -2.42. The summed E-state index contributed by atoms with van der Waals surface area (Å²) in [7, 11) is 0. The average molecular weight is 303 g/mol. The molecule has 2 rings (SSSR count). The zero-order valence-corrected chi connectivity index (χ0v) is 13.4. The first-order valence-electron chi connectivity index (χ1n) is 7.96. The minimum atomic E-state index is -0.0611. The molecular weight excluding hydrogens is 278 g/mol. The number of nitrogens with zero attached hydrogens (tertiary/aromatic N) is 1. The van der Waals surface area contributed by atoms with Gasteiger partial charge in [0.1, 0.15) is 0 Å². The van der Waals surface area contributed by atoms with Crippen molar-refractivity contribution in [3.05, 3.63) is 29.8 Å². The number of para-hydroxylation sites is 1. The molecule has 0 aliphatic carbocycles. The van der Waals surface area contributed by atoms with Gasteiger partial charge in [0.2, 0.25) is 5.91 Å². The third-order valence-electron chi connectivity index (χ3n) is 3.99. The van der Waals surface area contributed by atoms with Crippen LogP contribution in [0, 0.1) is 0 Å². The smallest absolute Gasteiger partial charge is 0.238 e. The molecule has 1 atom stereocenters. The summed E-state index contributed by atoms with van der Waals surface area (Å²) >= 11 is 0. The van der Waals surface area contributed by atoms with Gasteiger partial charge in [-0.15, -0.1) is 0 Å². The van der Waals surface area contributed by atoms with Gasteiger partial charge in [0.15, 0.2) is 5.78 Å². The van der Waals surface area contributed by atoms with Crippen LogP contribution in [0.2, 0.25) is 0 Å². The molecule has 120 valence electrons. The highest BCUT2D eigenvalue weighted by Crippen LogP contribution is 2.16. The van der Waals surface area contributed by atoms with Crippen molar-refractivity contribution >= 4 is 17.4 Å². The molecule has 1 aliphatic rings. The van der Waals surface area contributed by atoms with Crippen molar-refractivity contribution in [2.24, 2.45) is 0 Å². The van der Waals surface area contributed by atoms with Crippen LogP contribution in [0.15, 0.2) is 24.3 Å². The molecule has 0 aromatic heterocycles. The Kier molecular flexibility index (Phi) is 6.10. The molecule has 1 aromatic carbocycles. The Balaban J connectivity index is 2.00. The molecule has 1 amide bonds. The maximum atomic E-state index is 12.3. The molecule has 22 heavy (non-hydrogen) atoms. The molecule has 1 saturated heterocycles. The number of ketones is 1. The van der Waals surface area contributed by atoms with Gasteiger partial charge in [-0.3, -0.25) is 14.5 Å². The minimum Gasteiger partial charge on any atom is -0.324 e. The molecule has 0 saturated carbocycles. The number of rotatable bonds is 7. The predicted molar refractivity (Wildman–Crippen MR) is 88.2 cm³/mol. The fourth-order valence-corrected chi connectivity index (χ4v) is 2.90. The molecule has 5 nitrogen and oxygen atoms in total. The van der Waals surface area contributed by atoms with Crippen LogP contribution >= 0.6 is 0 Å². The Bertz CT molecular complexity index is 524. The van der Waals surface area contributed by atoms with Crippen LogP contribution in [0.25, 0.3) is 0 Å². The molecule has 1 unspecified atom stereocenters. The summed E-state index contributed by atoms with van der Waals surface area (Å²) < 4.78 is 0. The highest BCUT2D eigenvalue weighted by molar-refractivity contribution is 6.04. The van der Waals surface area contributed by atoms with Gasteiger partial charge < -0.3 is 10.6 Å². The van der Waals surface area contributed by atoms with Gasteiger partial charge in [0.05, 0.1) is 12.2 Å². The number of Topliss-reactive ketones (excluding diaryl/α,β-unsaturated/α-hetero) is 1. The molecule has 1 fully saturated rings. The lowest BCUT2D eigenvalue weighted by atomic mass is 10.1. The van der Waals surface area contributed by atoms with E-state index < -0.39 is 0 Å². The summed E-state index contributed by atoms with van der Waals surface area (Å²) in [6, 6.07) is 7.57. The van der Waals surface area contributed by atoms with Gasteiger partial charge in [-0.2, -0.15) is 0 Å². The molecule has 1 aliphatic heterocycles. The number of hydrogen-bond acceptors (Lipinski definition) is 4. The predicted octanol–water partition coefficient (Wildman–Crippen LogP) is 1.90. The standard InChI is InChI=1S/C17H25N3O2/c1-3-10-20(14-8-9-18-11-14)12-17(22)19-16-7-5-4-6-15(16)13(2)21/h4-7,14,18H,3,8-12H2,1-2H3,(H,19,22). The first kappa shape index (κ1) is 16.6. The van der Waals surface area contributed by atoms with Gasteiger partial charge in [0.25, 0.3) is 0 Å². The lowest BCUT2D eigenvalue weighted by Gasteiger charge is -2.27. The van der Waals surface area contributed by atoms with E-state index in [9.17, 15) is 9.59 Å². The summed E-state index contributed by atoms with van der Waals surface area (Å²) in [4.78, 5) is 26.2. The number of amides is 1. The van der Waals surface area contributed by atoms with Crippen molar-refractivity contribution < 1.29 is 9.59 Å². The van der Waals surface area contributed by atoms with Crippen molar-refractivity contribution in [2.75, 3.05) is 31.5 Å². The number of benzene rings is 1. The van der Waals surface area contributed by atoms with Gasteiger partial charge in [-0.05, 0) is 45.0 Å². The maximum absolute atomic E-state index is 12.3. The Labute approximate surface area is 132 Å². The van der Waals surface area contributed by atoms with Gasteiger partial charge in [0, 0.05) is 18.2 Å². The number of carbonyl (C=O) groups excluding carboxylic acids is 2. The summed E-state index contributed by atoms with van der Waals surface area (Å²) in [6.45, 7) is 6.87. The van der Waals surface area contributed by atoms with Crippen LogP contribution < -0.4 is 10.6 Å². The van der Waals surface area contributed by atoms with Crippen LogP contribution in [0.3, 0.4) is 0 Å². The van der Waals surface area contributed by atoms with Crippen molar-refractivity contribution in [3.8, 4) is 0 Å². The van der Waals surface area contributed by atoms with E-state index in [1.165, 1.54) is 6.92 Å². The molecule has 5 heteroatoms. The summed E-state index contributed by atoms with van der Waals surface area (Å²) in [6.07, 6.45) is 2.10. The van der Waals surface area contributed by atoms with Crippen LogP contribution in [0.4, 0.5) is 5.69 Å². The Morgan fingerprint density at radius 2 is 2.14 bits per heavy atom. The molecule has 0 spiro atoms. The first-order valence-corrected chi connectivity index (χ1v) is 7.96. The van der Waals surface area contributed by atoms with Crippen LogP contribution in [-0.4, -0.2) is 48.8 Å². The van der Waals surface area contributed by atoms with E-state index in [0.717, 1.165) is 32.5 Å². The van der Waals surface area contributed by atoms with Crippen molar-refractivity contribution in [1.82, 2.24) is 10.2 Å². The van der Waals surface area contributed by atoms with Crippen molar-refractivity contribution in [1.29, 1.82) is 0 Å². The van der Waals surface area contributed by atoms with E-state index in [2.05, 4.69) is 22.5 Å². The second kappa shape index (κ2) is 8.06. The molecule has 2 N–H and O–H groups in total. The molecule has 0 bridgehead atoms. The van der Waals surface area contributed by atoms with Gasteiger partial charge in [-0.25, -0.2) is 0 Å². The fourth-order valence-electron chi connectivity index (χ4n) is 2.90. The molecule has 0 radical (unpaired) electrons. The zero-order valence-electron chi connectivity index (χ0n) is 13.4. The first-order chi connectivity index (χ1) is 10.6. The lowest BCUT2D eigenvalue weighted by molar-refractivity contribution is -0.117. The summed E-state index contributed by atoms with van der Waals surface area (Å²) in [5, 5.41) is 6.22. The van der Waals surface area contributed by atoms with E-state index in [0.29, 0.717) is 23.8 Å². The summed E-state index contributed by atoms with van der Waals surface area (Å²) in [5.74, 6) is -0.102. The number of nitrogens with one attached hydrogen (secondary N) is 2. The van der Waals surface area contributed by atoms with Crippen LogP contribution in [-0.2, 0) is 4.79 Å². The Morgan fingerprint density at radius 1 is 1.36 bits per heavy atom. The number of carbonyl (C=O) groups is 2. The van der Waals surface area contributed by atoms with Crippen LogP contribution in [0.5, 0.6) is 0 Å². The van der Waals surface area contributed by atoms with Crippen LogP contribution in [0.1, 0.15) is 37.0 Å².